The Balaban J connectivity index is 1.32. The van der Waals surface area contributed by atoms with Gasteiger partial charge in [0, 0.05) is 17.9 Å². The molecule has 3 heteroatoms. The summed E-state index contributed by atoms with van der Waals surface area (Å²) in [6.45, 7) is 9.93. The van der Waals surface area contributed by atoms with Crippen molar-refractivity contribution in [1.29, 1.82) is 0 Å². The number of ether oxygens (including phenoxy) is 1. The molecule has 2 saturated carbocycles. The predicted molar refractivity (Wildman–Crippen MR) is 105 cm³/mol. The van der Waals surface area contributed by atoms with Crippen molar-refractivity contribution in [3.63, 3.8) is 0 Å². The zero-order valence-corrected chi connectivity index (χ0v) is 16.5. The van der Waals surface area contributed by atoms with E-state index >= 15 is 0 Å². The Morgan fingerprint density at radius 2 is 2.07 bits per heavy atom. The Morgan fingerprint density at radius 3 is 2.93 bits per heavy atom. The highest BCUT2D eigenvalue weighted by molar-refractivity contribution is 5.75. The number of quaternary nitrogens is 1. The number of hydrogen-bond donors (Lipinski definition) is 1. The number of esters is 1. The number of hydrogen-bond acceptors (Lipinski definition) is 2. The Kier molecular flexibility index (Phi) is 4.19. The molecule has 4 aliphatic rings. The van der Waals surface area contributed by atoms with Crippen LogP contribution in [0.15, 0.2) is 36.4 Å². The second-order valence-electron chi connectivity index (χ2n) is 9.80. The zero-order chi connectivity index (χ0) is 18.6. The van der Waals surface area contributed by atoms with Crippen LogP contribution in [0.3, 0.4) is 0 Å². The third-order valence-corrected chi connectivity index (χ3v) is 8.14. The topological polar surface area (TPSA) is 30.7 Å². The molecule has 2 heterocycles. The van der Waals surface area contributed by atoms with Crippen LogP contribution in [-0.4, -0.2) is 25.2 Å². The molecule has 0 amide bonds. The van der Waals surface area contributed by atoms with Gasteiger partial charge < -0.3 is 9.64 Å². The first-order valence-corrected chi connectivity index (χ1v) is 10.8. The minimum absolute atomic E-state index is 0.0733. The molecule has 1 N–H and O–H groups in total. The third-order valence-electron chi connectivity index (χ3n) is 8.14. The first-order chi connectivity index (χ1) is 13.0. The molecule has 0 radical (unpaired) electrons. The van der Waals surface area contributed by atoms with Crippen molar-refractivity contribution in [2.45, 2.75) is 58.1 Å². The van der Waals surface area contributed by atoms with Crippen LogP contribution in [0.25, 0.3) is 0 Å². The molecule has 2 aliphatic heterocycles. The first kappa shape index (κ1) is 17.5. The second-order valence-corrected chi connectivity index (χ2v) is 9.80. The quantitative estimate of drug-likeness (QED) is 0.644. The molecule has 6 atom stereocenters. The van der Waals surface area contributed by atoms with Gasteiger partial charge in [0.1, 0.15) is 18.6 Å². The molecule has 3 nitrogen and oxygen atoms in total. The fraction of sp³-hybridized carbons (Fsp3) is 0.625. The van der Waals surface area contributed by atoms with Crippen LogP contribution in [0.1, 0.15) is 50.2 Å². The van der Waals surface area contributed by atoms with E-state index in [1.54, 1.807) is 4.90 Å². The summed E-state index contributed by atoms with van der Waals surface area (Å²) in [6, 6.07) is 8.78. The van der Waals surface area contributed by atoms with E-state index in [4.69, 9.17) is 4.74 Å². The molecular weight excluding hydrogens is 334 g/mol. The van der Waals surface area contributed by atoms with E-state index in [1.807, 2.05) is 0 Å². The van der Waals surface area contributed by atoms with Crippen LogP contribution in [0.5, 0.6) is 0 Å². The van der Waals surface area contributed by atoms with E-state index in [-0.39, 0.29) is 18.0 Å². The number of carbonyl (C=O) groups is 1. The lowest BCUT2D eigenvalue weighted by molar-refractivity contribution is -0.918. The van der Waals surface area contributed by atoms with E-state index in [1.165, 1.54) is 36.0 Å². The van der Waals surface area contributed by atoms with Crippen molar-refractivity contribution in [2.75, 3.05) is 13.1 Å². The van der Waals surface area contributed by atoms with Gasteiger partial charge in [-0.3, -0.25) is 4.79 Å². The molecule has 144 valence electrons. The lowest BCUT2D eigenvalue weighted by Gasteiger charge is -2.50. The van der Waals surface area contributed by atoms with E-state index in [0.29, 0.717) is 17.3 Å². The molecule has 0 spiro atoms. The average Bonchev–Trinajstić information content (AvgIpc) is 2.94. The fourth-order valence-electron chi connectivity index (χ4n) is 6.62. The molecule has 1 unspecified atom stereocenters. The van der Waals surface area contributed by atoms with Crippen LogP contribution < -0.4 is 4.90 Å². The highest BCUT2D eigenvalue weighted by Gasteiger charge is 2.56. The Bertz CT molecular complexity index is 771. The average molecular weight is 367 g/mol. The van der Waals surface area contributed by atoms with Crippen molar-refractivity contribution in [3.8, 4) is 0 Å². The smallest absolute Gasteiger partial charge is 0.315 e. The summed E-state index contributed by atoms with van der Waals surface area (Å²) in [5.74, 6) is 1.13. The van der Waals surface area contributed by atoms with Gasteiger partial charge in [-0.1, -0.05) is 43.3 Å². The van der Waals surface area contributed by atoms with Crippen molar-refractivity contribution < 1.29 is 14.4 Å². The predicted octanol–water partition coefficient (Wildman–Crippen LogP) is 2.94. The minimum Gasteiger partial charge on any atom is -0.462 e. The molecule has 1 aromatic rings. The highest BCUT2D eigenvalue weighted by Crippen LogP contribution is 2.56. The van der Waals surface area contributed by atoms with Gasteiger partial charge in [-0.2, -0.15) is 0 Å². The van der Waals surface area contributed by atoms with Gasteiger partial charge >= 0.3 is 5.97 Å². The summed E-state index contributed by atoms with van der Waals surface area (Å²) < 4.78 is 5.96. The molecule has 0 bridgehead atoms. The van der Waals surface area contributed by atoms with Crippen LogP contribution in [-0.2, 0) is 22.5 Å². The van der Waals surface area contributed by atoms with Crippen molar-refractivity contribution >= 4 is 5.97 Å². The van der Waals surface area contributed by atoms with Gasteiger partial charge in [0.15, 0.2) is 0 Å². The zero-order valence-electron chi connectivity index (χ0n) is 16.5. The van der Waals surface area contributed by atoms with Gasteiger partial charge in [0.2, 0.25) is 0 Å². The number of allylic oxidation sites excluding steroid dienone is 1. The van der Waals surface area contributed by atoms with Crippen molar-refractivity contribution in [1.82, 2.24) is 0 Å². The summed E-state index contributed by atoms with van der Waals surface area (Å²) in [5.41, 5.74) is 4.67. The van der Waals surface area contributed by atoms with Crippen LogP contribution >= 0.6 is 0 Å². The van der Waals surface area contributed by atoms with Gasteiger partial charge in [-0.15, -0.1) is 0 Å². The number of benzene rings is 1. The normalized spacial score (nSPS) is 40.7. The van der Waals surface area contributed by atoms with E-state index in [0.717, 1.165) is 38.9 Å². The summed E-state index contributed by atoms with van der Waals surface area (Å²) >= 11 is 0. The van der Waals surface area contributed by atoms with Crippen LogP contribution in [0.2, 0.25) is 0 Å². The molecule has 1 saturated heterocycles. The Labute approximate surface area is 162 Å². The van der Waals surface area contributed by atoms with E-state index < -0.39 is 0 Å². The second kappa shape index (κ2) is 6.48. The summed E-state index contributed by atoms with van der Waals surface area (Å²) in [5, 5.41) is 0. The summed E-state index contributed by atoms with van der Waals surface area (Å²) in [7, 11) is 0. The number of rotatable bonds is 2. The molecule has 1 aromatic carbocycles. The molecule has 5 rings (SSSR count). The maximum absolute atomic E-state index is 12.8. The van der Waals surface area contributed by atoms with Crippen LogP contribution in [0, 0.1) is 23.2 Å². The standard InChI is InChI=1S/C24H31NO2/c1-16-6-5-10-24(2)13-22-19(12-21(16)24)20(23(26)27-22)15-25-11-9-17-7-3-4-8-18(17)14-25/h3-4,7-8,19-22H,1,5-6,9-15H2,2H3/p+1/t19-,20-,21+,22-,24-/m1/s1. The van der Waals surface area contributed by atoms with E-state index in [2.05, 4.69) is 37.8 Å². The Morgan fingerprint density at radius 1 is 1.26 bits per heavy atom. The number of fused-ring (bicyclic) bond motifs is 3. The maximum Gasteiger partial charge on any atom is 0.315 e. The first-order valence-electron chi connectivity index (χ1n) is 10.8. The minimum atomic E-state index is 0.0733. The van der Waals surface area contributed by atoms with E-state index in [9.17, 15) is 4.79 Å². The molecule has 27 heavy (non-hydrogen) atoms. The van der Waals surface area contributed by atoms with Crippen LogP contribution in [0.4, 0.5) is 0 Å². The largest absolute Gasteiger partial charge is 0.462 e. The Hall–Kier alpha value is -1.61. The van der Waals surface area contributed by atoms with Crippen molar-refractivity contribution in [3.05, 3.63) is 47.5 Å². The molecule has 2 aliphatic carbocycles. The lowest BCUT2D eigenvalue weighted by Crippen LogP contribution is -3.12. The van der Waals surface area contributed by atoms with Gasteiger partial charge in [-0.25, -0.2) is 0 Å². The van der Waals surface area contributed by atoms with Gasteiger partial charge in [0.05, 0.1) is 13.1 Å². The SMILES string of the molecule is C=C1CCC[C@]2(C)C[C@H]3OC(=O)[C@H](C[NH+]4CCc5ccccc5C4)[C@H]3C[C@@H]12. The fourth-order valence-corrected chi connectivity index (χ4v) is 6.62. The van der Waals surface area contributed by atoms with Gasteiger partial charge in [0.25, 0.3) is 0 Å². The summed E-state index contributed by atoms with van der Waals surface area (Å²) in [6.07, 6.45) is 7.10. The lowest BCUT2D eigenvalue weighted by atomic mass is 9.55. The third kappa shape index (κ3) is 2.95. The number of carbonyl (C=O) groups excluding carboxylic acids is 1. The molecule has 3 fully saturated rings. The molecule has 0 aromatic heterocycles. The monoisotopic (exact) mass is 366 g/mol. The highest BCUT2D eigenvalue weighted by atomic mass is 16.6. The summed E-state index contributed by atoms with van der Waals surface area (Å²) in [4.78, 5) is 14.3. The number of nitrogens with one attached hydrogen (secondary N) is 1. The van der Waals surface area contributed by atoms with Gasteiger partial charge in [-0.05, 0) is 49.0 Å². The molecular formula is C24H32NO2+. The van der Waals surface area contributed by atoms with Crippen molar-refractivity contribution in [2.24, 2.45) is 23.2 Å². The maximum atomic E-state index is 12.8.